The quantitative estimate of drug-likeness (QED) is 0.269. The lowest BCUT2D eigenvalue weighted by Gasteiger charge is -2.37. The number of carbonyl (C=O) groups excluding carboxylic acids is 2. The molecule has 0 saturated carbocycles. The summed E-state index contributed by atoms with van der Waals surface area (Å²) < 4.78 is 22.3. The summed E-state index contributed by atoms with van der Waals surface area (Å²) in [4.78, 5) is 38.9. The first-order valence-electron chi connectivity index (χ1n) is 13.7. The number of nitrogens with one attached hydrogen (secondary N) is 1. The molecular formula is C31H34N2O8. The highest BCUT2D eigenvalue weighted by molar-refractivity contribution is 6.04. The Hall–Kier alpha value is -4.18. The topological polar surface area (TPSA) is 126 Å². The van der Waals surface area contributed by atoms with Crippen LogP contribution in [0.2, 0.25) is 0 Å². The molecule has 1 aliphatic carbocycles. The fraction of sp³-hybridized carbons (Fsp3) is 0.419. The fourth-order valence-electron chi connectivity index (χ4n) is 6.05. The molecule has 10 heteroatoms. The van der Waals surface area contributed by atoms with Crippen LogP contribution in [0.3, 0.4) is 0 Å². The maximum atomic E-state index is 14.0. The Kier molecular flexibility index (Phi) is 8.12. The number of rotatable bonds is 8. The van der Waals surface area contributed by atoms with E-state index in [1.54, 1.807) is 46.3 Å². The van der Waals surface area contributed by atoms with Gasteiger partial charge in [-0.3, -0.25) is 14.9 Å². The highest BCUT2D eigenvalue weighted by Gasteiger charge is 2.42. The Morgan fingerprint density at radius 3 is 2.61 bits per heavy atom. The molecule has 3 aliphatic rings. The van der Waals surface area contributed by atoms with Crippen molar-refractivity contribution in [3.63, 3.8) is 0 Å². The Bertz CT molecular complexity index is 1450. The van der Waals surface area contributed by atoms with E-state index in [4.69, 9.17) is 18.9 Å². The monoisotopic (exact) mass is 562 g/mol. The van der Waals surface area contributed by atoms with E-state index in [1.165, 1.54) is 6.07 Å². The first-order valence-corrected chi connectivity index (χ1v) is 13.7. The second kappa shape index (κ2) is 11.7. The number of esters is 1. The number of aryl methyl sites for hydroxylation is 1. The van der Waals surface area contributed by atoms with E-state index in [0.717, 1.165) is 18.4 Å². The lowest BCUT2D eigenvalue weighted by molar-refractivity contribution is -0.385. The summed E-state index contributed by atoms with van der Waals surface area (Å²) in [7, 11) is 3.17. The van der Waals surface area contributed by atoms with Crippen molar-refractivity contribution in [3.05, 3.63) is 85.7 Å². The van der Waals surface area contributed by atoms with Crippen molar-refractivity contribution >= 4 is 17.4 Å². The predicted octanol–water partition coefficient (Wildman–Crippen LogP) is 5.00. The Balaban J connectivity index is 1.56. The van der Waals surface area contributed by atoms with Crippen LogP contribution < -0.4 is 14.8 Å². The number of nitro groups is 1. The maximum Gasteiger partial charge on any atom is 0.336 e. The average molecular weight is 563 g/mol. The van der Waals surface area contributed by atoms with E-state index in [9.17, 15) is 19.7 Å². The van der Waals surface area contributed by atoms with Crippen molar-refractivity contribution in [2.24, 2.45) is 0 Å². The summed E-state index contributed by atoms with van der Waals surface area (Å²) in [6.45, 7) is 4.16. The third-order valence-corrected chi connectivity index (χ3v) is 8.11. The van der Waals surface area contributed by atoms with Crippen molar-refractivity contribution < 1.29 is 33.5 Å². The van der Waals surface area contributed by atoms with Crippen molar-refractivity contribution in [1.82, 2.24) is 5.32 Å². The number of hydrogen-bond acceptors (Lipinski definition) is 9. The average Bonchev–Trinajstić information content (AvgIpc) is 3.48. The van der Waals surface area contributed by atoms with Gasteiger partial charge in [-0.05, 0) is 56.9 Å². The van der Waals surface area contributed by atoms with Crippen LogP contribution in [0, 0.1) is 17.0 Å². The van der Waals surface area contributed by atoms with Crippen LogP contribution in [-0.2, 0) is 19.1 Å². The van der Waals surface area contributed by atoms with E-state index in [0.29, 0.717) is 52.6 Å². The third kappa shape index (κ3) is 5.56. The van der Waals surface area contributed by atoms with E-state index in [2.05, 4.69) is 5.32 Å². The number of allylic oxidation sites excluding steroid dienone is 3. The Morgan fingerprint density at radius 2 is 1.93 bits per heavy atom. The van der Waals surface area contributed by atoms with Gasteiger partial charge in [-0.15, -0.1) is 0 Å². The molecular weight excluding hydrogens is 528 g/mol. The number of benzene rings is 2. The molecule has 10 nitrogen and oxygen atoms in total. The van der Waals surface area contributed by atoms with Crippen LogP contribution in [0.4, 0.5) is 5.69 Å². The Morgan fingerprint density at radius 1 is 1.12 bits per heavy atom. The number of nitro benzene ring substituents is 1. The first kappa shape index (κ1) is 28.4. The molecule has 41 heavy (non-hydrogen) atoms. The van der Waals surface area contributed by atoms with E-state index in [-0.39, 0.29) is 42.1 Å². The molecule has 0 radical (unpaired) electrons. The van der Waals surface area contributed by atoms with Gasteiger partial charge in [0.15, 0.2) is 5.78 Å². The minimum absolute atomic E-state index is 0.0739. The summed E-state index contributed by atoms with van der Waals surface area (Å²) in [5.41, 5.74) is 3.67. The zero-order valence-corrected chi connectivity index (χ0v) is 23.7. The van der Waals surface area contributed by atoms with Crippen molar-refractivity contribution in [2.45, 2.75) is 57.5 Å². The molecule has 0 unspecified atom stereocenters. The highest BCUT2D eigenvalue weighted by atomic mass is 16.6. The van der Waals surface area contributed by atoms with Crippen molar-refractivity contribution in [1.29, 1.82) is 0 Å². The van der Waals surface area contributed by atoms with Crippen LogP contribution in [0.25, 0.3) is 0 Å². The van der Waals surface area contributed by atoms with Gasteiger partial charge in [-0.2, -0.15) is 0 Å². The molecule has 1 saturated heterocycles. The summed E-state index contributed by atoms with van der Waals surface area (Å²) >= 11 is 0. The van der Waals surface area contributed by atoms with Gasteiger partial charge in [-0.25, -0.2) is 4.79 Å². The standard InChI is InChI=1S/C31H34N2O8/c1-17-7-8-19(13-25(17)33(36)37)29-28(31(35)41-16-22-6-5-11-40-22)18(2)32-24-12-20(14-26(34)30(24)29)23-15-21(38-3)9-10-27(23)39-4/h7-10,13,15,20,22,29,32H,5-6,11-12,14,16H2,1-4H3/t20-,22-,29-/m0/s1. The van der Waals surface area contributed by atoms with Gasteiger partial charge < -0.3 is 24.3 Å². The molecule has 216 valence electrons. The van der Waals surface area contributed by atoms with E-state index < -0.39 is 16.8 Å². The SMILES string of the molecule is COc1ccc(OC)c([C@@H]2CC(=O)C3=C(C2)NC(C)=C(C(=O)OC[C@@H]2CCCO2)[C@@H]3c2ccc(C)c([N+](=O)[O-])c2)c1. The van der Waals surface area contributed by atoms with E-state index >= 15 is 0 Å². The molecule has 0 amide bonds. The molecule has 2 aromatic rings. The minimum atomic E-state index is -0.816. The number of Topliss-reactive ketones (excluding diaryl/α,β-unsaturated/α-hetero) is 1. The summed E-state index contributed by atoms with van der Waals surface area (Å²) in [6, 6.07) is 10.4. The highest BCUT2D eigenvalue weighted by Crippen LogP contribution is 2.48. The largest absolute Gasteiger partial charge is 0.497 e. The van der Waals surface area contributed by atoms with E-state index in [1.807, 2.05) is 12.1 Å². The number of carbonyl (C=O) groups is 2. The summed E-state index contributed by atoms with van der Waals surface area (Å²) in [5.74, 6) is -0.439. The summed E-state index contributed by atoms with van der Waals surface area (Å²) in [6.07, 6.45) is 2.20. The molecule has 2 aliphatic heterocycles. The second-order valence-corrected chi connectivity index (χ2v) is 10.7. The van der Waals surface area contributed by atoms with Crippen LogP contribution in [-0.4, -0.2) is 50.2 Å². The maximum absolute atomic E-state index is 14.0. The molecule has 1 N–H and O–H groups in total. The number of nitrogens with zero attached hydrogens (tertiary/aromatic N) is 1. The smallest absolute Gasteiger partial charge is 0.336 e. The van der Waals surface area contributed by atoms with Gasteiger partial charge in [0.2, 0.25) is 0 Å². The van der Waals surface area contributed by atoms with Crippen LogP contribution in [0.5, 0.6) is 11.5 Å². The van der Waals surface area contributed by atoms with Gasteiger partial charge in [0, 0.05) is 59.0 Å². The lowest BCUT2D eigenvalue weighted by Crippen LogP contribution is -2.36. The number of hydrogen-bond donors (Lipinski definition) is 1. The second-order valence-electron chi connectivity index (χ2n) is 10.7. The number of ether oxygens (including phenoxy) is 4. The van der Waals surface area contributed by atoms with Crippen LogP contribution in [0.15, 0.2) is 58.9 Å². The van der Waals surface area contributed by atoms with Gasteiger partial charge >= 0.3 is 5.97 Å². The molecule has 0 spiro atoms. The minimum Gasteiger partial charge on any atom is -0.497 e. The first-order chi connectivity index (χ1) is 19.7. The normalized spacial score (nSPS) is 22.2. The number of dihydropyridines is 1. The molecule has 5 rings (SSSR count). The van der Waals surface area contributed by atoms with Gasteiger partial charge in [0.25, 0.3) is 5.69 Å². The predicted molar refractivity (Wildman–Crippen MR) is 150 cm³/mol. The van der Waals surface area contributed by atoms with Gasteiger partial charge in [0.05, 0.1) is 30.8 Å². The van der Waals surface area contributed by atoms with Gasteiger partial charge in [0.1, 0.15) is 18.1 Å². The molecule has 3 atom stereocenters. The van der Waals surface area contributed by atoms with Crippen molar-refractivity contribution in [3.8, 4) is 11.5 Å². The van der Waals surface area contributed by atoms with Crippen LogP contribution >= 0.6 is 0 Å². The number of methoxy groups -OCH3 is 2. The van der Waals surface area contributed by atoms with Gasteiger partial charge in [-0.1, -0.05) is 12.1 Å². The molecule has 2 heterocycles. The lowest BCUT2D eigenvalue weighted by atomic mass is 9.71. The van der Waals surface area contributed by atoms with Crippen LogP contribution in [0.1, 0.15) is 61.1 Å². The number of ketones is 1. The molecule has 1 fully saturated rings. The molecule has 0 aromatic heterocycles. The summed E-state index contributed by atoms with van der Waals surface area (Å²) in [5, 5.41) is 15.1. The third-order valence-electron chi connectivity index (χ3n) is 8.11. The Labute approximate surface area is 238 Å². The molecule has 0 bridgehead atoms. The van der Waals surface area contributed by atoms with Crippen molar-refractivity contribution in [2.75, 3.05) is 27.4 Å². The fourth-order valence-corrected chi connectivity index (χ4v) is 6.05. The molecule has 2 aromatic carbocycles. The zero-order chi connectivity index (χ0) is 29.3. The zero-order valence-electron chi connectivity index (χ0n) is 23.7.